The summed E-state index contributed by atoms with van der Waals surface area (Å²) in [5.41, 5.74) is -0.283. The highest BCUT2D eigenvalue weighted by Gasteiger charge is 2.31. The Bertz CT molecular complexity index is 662. The van der Waals surface area contributed by atoms with Crippen LogP contribution in [0.1, 0.15) is 44.5 Å². The number of ketones is 1. The lowest BCUT2D eigenvalue weighted by Gasteiger charge is -2.24. The van der Waals surface area contributed by atoms with Crippen molar-refractivity contribution in [1.29, 1.82) is 0 Å². The summed E-state index contributed by atoms with van der Waals surface area (Å²) < 4.78 is 15.9. The summed E-state index contributed by atoms with van der Waals surface area (Å²) in [7, 11) is 0. The van der Waals surface area contributed by atoms with Crippen molar-refractivity contribution in [2.45, 2.75) is 45.8 Å². The molecular formula is C19H25NO6. The normalized spacial score (nSPS) is 16.9. The lowest BCUT2D eigenvalue weighted by atomic mass is 10.1. The first-order chi connectivity index (χ1) is 12.2. The highest BCUT2D eigenvalue weighted by molar-refractivity contribution is 6.40. The third-order valence-electron chi connectivity index (χ3n) is 3.68. The van der Waals surface area contributed by atoms with Crippen molar-refractivity contribution in [3.63, 3.8) is 0 Å². The molecule has 0 bridgehead atoms. The van der Waals surface area contributed by atoms with Crippen molar-refractivity contribution in [3.05, 3.63) is 29.8 Å². The molecule has 7 nitrogen and oxygen atoms in total. The Hall–Kier alpha value is -2.57. The Kier molecular flexibility index (Phi) is 6.23. The molecule has 0 unspecified atom stereocenters. The molecule has 1 saturated heterocycles. The second-order valence-electron chi connectivity index (χ2n) is 7.03. The van der Waals surface area contributed by atoms with Crippen LogP contribution >= 0.6 is 0 Å². The van der Waals surface area contributed by atoms with Crippen LogP contribution in [0.4, 0.5) is 4.79 Å². The smallest absolute Gasteiger partial charge is 0.410 e. The number of esters is 1. The molecule has 1 aromatic rings. The minimum atomic E-state index is -0.870. The molecule has 1 atom stereocenters. The monoisotopic (exact) mass is 363 g/mol. The average molecular weight is 363 g/mol. The van der Waals surface area contributed by atoms with Crippen LogP contribution < -0.4 is 4.74 Å². The van der Waals surface area contributed by atoms with E-state index in [-0.39, 0.29) is 24.4 Å². The van der Waals surface area contributed by atoms with Gasteiger partial charge in [0.25, 0.3) is 5.78 Å². The minimum Gasteiger partial charge on any atom is -0.489 e. The molecule has 0 saturated carbocycles. The molecule has 142 valence electrons. The molecule has 0 aliphatic carbocycles. The van der Waals surface area contributed by atoms with E-state index in [0.717, 1.165) is 0 Å². The summed E-state index contributed by atoms with van der Waals surface area (Å²) in [6, 6.07) is 6.30. The summed E-state index contributed by atoms with van der Waals surface area (Å²) in [4.78, 5) is 37.0. The van der Waals surface area contributed by atoms with E-state index in [1.807, 2.05) is 20.8 Å². The molecule has 1 aliphatic rings. The van der Waals surface area contributed by atoms with Gasteiger partial charge in [0.15, 0.2) is 0 Å². The molecule has 1 aliphatic heterocycles. The summed E-state index contributed by atoms with van der Waals surface area (Å²) in [5.74, 6) is -0.984. The van der Waals surface area contributed by atoms with Crippen molar-refractivity contribution in [1.82, 2.24) is 4.90 Å². The van der Waals surface area contributed by atoms with Crippen LogP contribution in [0.15, 0.2) is 24.3 Å². The molecule has 1 fully saturated rings. The number of likely N-dealkylation sites (tertiary alicyclic amines) is 1. The van der Waals surface area contributed by atoms with Crippen molar-refractivity contribution < 1.29 is 28.6 Å². The molecule has 7 heteroatoms. The van der Waals surface area contributed by atoms with Crippen LogP contribution in [0.25, 0.3) is 0 Å². The van der Waals surface area contributed by atoms with E-state index in [1.54, 1.807) is 24.0 Å². The van der Waals surface area contributed by atoms with E-state index in [0.29, 0.717) is 25.3 Å². The van der Waals surface area contributed by atoms with Gasteiger partial charge in [0.1, 0.15) is 17.5 Å². The predicted molar refractivity (Wildman–Crippen MR) is 94.2 cm³/mol. The van der Waals surface area contributed by atoms with Gasteiger partial charge >= 0.3 is 12.1 Å². The van der Waals surface area contributed by atoms with Crippen molar-refractivity contribution >= 4 is 17.8 Å². The largest absolute Gasteiger partial charge is 0.489 e. The van der Waals surface area contributed by atoms with Crippen LogP contribution in [-0.2, 0) is 14.3 Å². The van der Waals surface area contributed by atoms with Crippen molar-refractivity contribution in [2.75, 3.05) is 19.7 Å². The number of Topliss-reactive ketones (excluding diaryl/α,β-unsaturated/α-hetero) is 1. The lowest BCUT2D eigenvalue weighted by molar-refractivity contribution is -0.137. The first kappa shape index (κ1) is 19.8. The van der Waals surface area contributed by atoms with E-state index in [9.17, 15) is 14.4 Å². The quantitative estimate of drug-likeness (QED) is 0.454. The Morgan fingerprint density at radius 2 is 1.81 bits per heavy atom. The summed E-state index contributed by atoms with van der Waals surface area (Å²) >= 11 is 0. The average Bonchev–Trinajstić information content (AvgIpc) is 3.02. The van der Waals surface area contributed by atoms with Gasteiger partial charge in [0.05, 0.1) is 13.2 Å². The van der Waals surface area contributed by atoms with Crippen LogP contribution in [0.2, 0.25) is 0 Å². The molecule has 26 heavy (non-hydrogen) atoms. The molecule has 1 heterocycles. The van der Waals surface area contributed by atoms with E-state index in [1.165, 1.54) is 12.1 Å². The maximum atomic E-state index is 12.1. The first-order valence-electron chi connectivity index (χ1n) is 8.65. The Morgan fingerprint density at radius 1 is 1.15 bits per heavy atom. The van der Waals surface area contributed by atoms with Gasteiger partial charge in [-0.2, -0.15) is 0 Å². The Morgan fingerprint density at radius 3 is 2.38 bits per heavy atom. The Balaban J connectivity index is 1.89. The molecule has 0 aromatic heterocycles. The topological polar surface area (TPSA) is 82.1 Å². The van der Waals surface area contributed by atoms with Crippen molar-refractivity contribution in [2.24, 2.45) is 0 Å². The molecule has 2 rings (SSSR count). The molecular weight excluding hydrogens is 338 g/mol. The molecule has 1 aromatic carbocycles. The van der Waals surface area contributed by atoms with Crippen LogP contribution in [-0.4, -0.2) is 54.1 Å². The number of rotatable bonds is 5. The fourth-order valence-corrected chi connectivity index (χ4v) is 2.51. The fourth-order valence-electron chi connectivity index (χ4n) is 2.51. The number of carbonyl (C=O) groups is 3. The predicted octanol–water partition coefficient (Wildman–Crippen LogP) is 2.82. The molecule has 0 spiro atoms. The van der Waals surface area contributed by atoms with Gasteiger partial charge in [0, 0.05) is 18.5 Å². The van der Waals surface area contributed by atoms with Gasteiger partial charge in [0.2, 0.25) is 0 Å². The second kappa shape index (κ2) is 8.21. The molecule has 0 N–H and O–H groups in total. The van der Waals surface area contributed by atoms with Crippen molar-refractivity contribution in [3.8, 4) is 5.75 Å². The summed E-state index contributed by atoms with van der Waals surface area (Å²) in [6.45, 7) is 8.29. The number of ether oxygens (including phenoxy) is 3. The fraction of sp³-hybridized carbons (Fsp3) is 0.526. The zero-order chi connectivity index (χ0) is 19.3. The number of amides is 1. The SMILES string of the molecule is CCOC(=O)C(=O)c1ccc(O[C@@H]2CCN(C(=O)OC(C)(C)C)C2)cc1. The highest BCUT2D eigenvalue weighted by atomic mass is 16.6. The number of hydrogen-bond donors (Lipinski definition) is 0. The molecule has 1 amide bonds. The second-order valence-corrected chi connectivity index (χ2v) is 7.03. The van der Waals surface area contributed by atoms with Crippen LogP contribution in [0.3, 0.4) is 0 Å². The standard InChI is InChI=1S/C19H25NO6/c1-5-24-17(22)16(21)13-6-8-14(9-7-13)25-15-10-11-20(12-15)18(23)26-19(2,3)4/h6-9,15H,5,10-12H2,1-4H3/t15-/m1/s1. The van der Waals surface area contributed by atoms with Gasteiger partial charge in [-0.1, -0.05) is 0 Å². The summed E-state index contributed by atoms with van der Waals surface area (Å²) in [5, 5.41) is 0. The number of nitrogens with zero attached hydrogens (tertiary/aromatic N) is 1. The zero-order valence-corrected chi connectivity index (χ0v) is 15.6. The number of benzene rings is 1. The van der Waals surface area contributed by atoms with Crippen LogP contribution in [0, 0.1) is 0 Å². The van der Waals surface area contributed by atoms with Gasteiger partial charge in [-0.3, -0.25) is 4.79 Å². The van der Waals surface area contributed by atoms with Gasteiger partial charge in [-0.15, -0.1) is 0 Å². The minimum absolute atomic E-state index is 0.144. The summed E-state index contributed by atoms with van der Waals surface area (Å²) in [6.07, 6.45) is 0.205. The van der Waals surface area contributed by atoms with Gasteiger partial charge in [-0.25, -0.2) is 9.59 Å². The van der Waals surface area contributed by atoms with Gasteiger partial charge in [-0.05, 0) is 52.0 Å². The zero-order valence-electron chi connectivity index (χ0n) is 15.6. The number of carbonyl (C=O) groups excluding carboxylic acids is 3. The van der Waals surface area contributed by atoms with Gasteiger partial charge < -0.3 is 19.1 Å². The van der Waals surface area contributed by atoms with E-state index < -0.39 is 17.4 Å². The first-order valence-corrected chi connectivity index (χ1v) is 8.65. The van der Waals surface area contributed by atoms with E-state index in [2.05, 4.69) is 0 Å². The number of hydrogen-bond acceptors (Lipinski definition) is 6. The van der Waals surface area contributed by atoms with E-state index in [4.69, 9.17) is 14.2 Å². The van der Waals surface area contributed by atoms with E-state index >= 15 is 0 Å². The highest BCUT2D eigenvalue weighted by Crippen LogP contribution is 2.21. The Labute approximate surface area is 153 Å². The lowest BCUT2D eigenvalue weighted by Crippen LogP contribution is -2.36. The third kappa shape index (κ3) is 5.47. The third-order valence-corrected chi connectivity index (χ3v) is 3.68. The maximum Gasteiger partial charge on any atom is 0.410 e. The maximum absolute atomic E-state index is 12.1. The van der Waals surface area contributed by atoms with Crippen LogP contribution in [0.5, 0.6) is 5.75 Å². The molecule has 0 radical (unpaired) electrons.